The van der Waals surface area contributed by atoms with Crippen LogP contribution in [-0.4, -0.2) is 39.1 Å². The number of hydrogen-bond donors (Lipinski definition) is 2. The van der Waals surface area contributed by atoms with Gasteiger partial charge in [-0.1, -0.05) is 23.5 Å². The maximum absolute atomic E-state index is 11.8. The van der Waals surface area contributed by atoms with Gasteiger partial charge in [0.05, 0.1) is 11.4 Å². The maximum Gasteiger partial charge on any atom is 0.307 e. The van der Waals surface area contributed by atoms with Gasteiger partial charge in [-0.25, -0.2) is 9.97 Å². The van der Waals surface area contributed by atoms with Crippen molar-refractivity contribution in [3.05, 3.63) is 62.8 Å². The Hall–Kier alpha value is -3.20. The van der Waals surface area contributed by atoms with Gasteiger partial charge < -0.3 is 9.84 Å². The van der Waals surface area contributed by atoms with E-state index in [0.717, 1.165) is 16.9 Å². The summed E-state index contributed by atoms with van der Waals surface area (Å²) in [5.74, 6) is 0.750. The fourth-order valence-corrected chi connectivity index (χ4v) is 3.20. The second kappa shape index (κ2) is 8.45. The van der Waals surface area contributed by atoms with Crippen LogP contribution in [-0.2, 0) is 11.2 Å². The third-order valence-electron chi connectivity index (χ3n) is 3.75. The highest BCUT2D eigenvalue weighted by Crippen LogP contribution is 2.21. The lowest BCUT2D eigenvalue weighted by Crippen LogP contribution is -2.34. The lowest BCUT2D eigenvalue weighted by atomic mass is 10.1. The quantitative estimate of drug-likeness (QED) is 0.643. The first-order chi connectivity index (χ1) is 13.0. The average Bonchev–Trinajstić information content (AvgIpc) is 2.97. The van der Waals surface area contributed by atoms with Crippen LogP contribution in [0.4, 0.5) is 5.95 Å². The van der Waals surface area contributed by atoms with Crippen molar-refractivity contribution >= 4 is 23.2 Å². The number of carbonyl (C=O) groups excluding carboxylic acids is 1. The highest BCUT2D eigenvalue weighted by molar-refractivity contribution is 7.09. The Bertz CT molecular complexity index is 953. The van der Waals surface area contributed by atoms with E-state index in [0.29, 0.717) is 29.5 Å². The number of carbonyl (C=O) groups is 1. The minimum atomic E-state index is -0.278. The van der Waals surface area contributed by atoms with Crippen LogP contribution < -0.4 is 14.5 Å². The van der Waals surface area contributed by atoms with Crippen LogP contribution in [0.15, 0.2) is 47.5 Å². The van der Waals surface area contributed by atoms with Gasteiger partial charge in [-0.05, 0) is 23.8 Å². The molecular formula is C18H18N4O4S. The number of aromatic hydroxyl groups is 1. The van der Waals surface area contributed by atoms with Crippen LogP contribution in [0.3, 0.4) is 0 Å². The number of H-pyrrole nitrogens is 1. The number of benzene rings is 1. The van der Waals surface area contributed by atoms with E-state index in [2.05, 4.69) is 15.0 Å². The molecule has 0 atom stereocenters. The first-order valence-corrected chi connectivity index (χ1v) is 9.02. The standard InChI is InChI=1S/C18H18N4O4S/c1-12(23)22(17-19-7-2-8-20-17)9-10-26-14-5-3-13(4-6-14)11-15-16(24)21-18(25)27-15/h2-8,24H,9-11H2,1H3,(H,21,25). The number of hydrogen-bond acceptors (Lipinski definition) is 7. The van der Waals surface area contributed by atoms with Gasteiger partial charge in [0.1, 0.15) is 12.4 Å². The molecule has 0 aliphatic heterocycles. The Kier molecular flexibility index (Phi) is 5.82. The molecule has 3 aromatic rings. The summed E-state index contributed by atoms with van der Waals surface area (Å²) in [6.07, 6.45) is 3.62. The van der Waals surface area contributed by atoms with E-state index in [1.807, 2.05) is 12.1 Å². The van der Waals surface area contributed by atoms with Crippen LogP contribution in [0, 0.1) is 0 Å². The first-order valence-electron chi connectivity index (χ1n) is 8.21. The molecule has 3 rings (SSSR count). The van der Waals surface area contributed by atoms with Gasteiger partial charge in [-0.15, -0.1) is 0 Å². The monoisotopic (exact) mass is 386 g/mol. The molecule has 0 radical (unpaired) electrons. The maximum atomic E-state index is 11.8. The van der Waals surface area contributed by atoms with Gasteiger partial charge >= 0.3 is 4.87 Å². The number of nitrogens with zero attached hydrogens (tertiary/aromatic N) is 3. The van der Waals surface area contributed by atoms with E-state index in [9.17, 15) is 14.7 Å². The molecule has 2 aromatic heterocycles. The summed E-state index contributed by atoms with van der Waals surface area (Å²) in [7, 11) is 0. The number of aromatic amines is 1. The number of anilines is 1. The van der Waals surface area contributed by atoms with Gasteiger partial charge in [-0.2, -0.15) is 0 Å². The Labute approximate surface area is 159 Å². The lowest BCUT2D eigenvalue weighted by molar-refractivity contribution is -0.116. The van der Waals surface area contributed by atoms with Crippen LogP contribution in [0.5, 0.6) is 11.6 Å². The largest absolute Gasteiger partial charge is 0.494 e. The highest BCUT2D eigenvalue weighted by Gasteiger charge is 2.14. The minimum absolute atomic E-state index is 0.0854. The van der Waals surface area contributed by atoms with E-state index in [-0.39, 0.29) is 23.3 Å². The zero-order valence-electron chi connectivity index (χ0n) is 14.6. The fourth-order valence-electron chi connectivity index (χ4n) is 2.44. The summed E-state index contributed by atoms with van der Waals surface area (Å²) in [6, 6.07) is 9.02. The normalized spacial score (nSPS) is 10.6. The van der Waals surface area contributed by atoms with E-state index >= 15 is 0 Å². The van der Waals surface area contributed by atoms with Crippen molar-refractivity contribution in [2.24, 2.45) is 0 Å². The highest BCUT2D eigenvalue weighted by atomic mass is 32.1. The predicted molar refractivity (Wildman–Crippen MR) is 101 cm³/mol. The average molecular weight is 386 g/mol. The molecule has 9 heteroatoms. The van der Waals surface area contributed by atoms with Gasteiger partial charge in [0.15, 0.2) is 0 Å². The zero-order chi connectivity index (χ0) is 19.2. The van der Waals surface area contributed by atoms with Crippen molar-refractivity contribution in [3.63, 3.8) is 0 Å². The SMILES string of the molecule is CC(=O)N(CCOc1ccc(Cc2sc(=O)[nH]c2O)cc1)c1ncccn1. The molecule has 0 saturated heterocycles. The van der Waals surface area contributed by atoms with Gasteiger partial charge in [0, 0.05) is 25.7 Å². The molecule has 27 heavy (non-hydrogen) atoms. The van der Waals surface area contributed by atoms with Gasteiger partial charge in [0.2, 0.25) is 17.7 Å². The Morgan fingerprint density at radius 2 is 1.96 bits per heavy atom. The molecule has 140 valence electrons. The summed E-state index contributed by atoms with van der Waals surface area (Å²) in [5.41, 5.74) is 0.941. The van der Waals surface area contributed by atoms with Crippen LogP contribution >= 0.6 is 11.3 Å². The summed E-state index contributed by atoms with van der Waals surface area (Å²) in [4.78, 5) is 35.3. The van der Waals surface area contributed by atoms with Crippen LogP contribution in [0.1, 0.15) is 17.4 Å². The molecule has 0 fully saturated rings. The van der Waals surface area contributed by atoms with E-state index < -0.39 is 0 Å². The second-order valence-electron chi connectivity index (χ2n) is 5.67. The number of aromatic nitrogens is 3. The predicted octanol–water partition coefficient (Wildman–Crippen LogP) is 1.95. The molecule has 0 spiro atoms. The lowest BCUT2D eigenvalue weighted by Gasteiger charge is -2.18. The van der Waals surface area contributed by atoms with Crippen LogP contribution in [0.25, 0.3) is 0 Å². The summed E-state index contributed by atoms with van der Waals surface area (Å²) >= 11 is 0.989. The first kappa shape index (κ1) is 18.6. The number of amides is 1. The zero-order valence-corrected chi connectivity index (χ0v) is 15.4. The topological polar surface area (TPSA) is 108 Å². The summed E-state index contributed by atoms with van der Waals surface area (Å²) < 4.78 is 5.69. The molecule has 0 saturated carbocycles. The van der Waals surface area contributed by atoms with E-state index in [1.165, 1.54) is 11.8 Å². The molecule has 8 nitrogen and oxygen atoms in total. The Balaban J connectivity index is 1.56. The van der Waals surface area contributed by atoms with Gasteiger partial charge in [0.25, 0.3) is 0 Å². The summed E-state index contributed by atoms with van der Waals surface area (Å²) in [5, 5.41) is 9.64. The fraction of sp³-hybridized carbons (Fsp3) is 0.222. The second-order valence-corrected chi connectivity index (χ2v) is 6.74. The number of rotatable bonds is 7. The molecule has 1 aromatic carbocycles. The third-order valence-corrected chi connectivity index (χ3v) is 4.62. The molecule has 0 bridgehead atoms. The van der Waals surface area contributed by atoms with Gasteiger partial charge in [-0.3, -0.25) is 19.5 Å². The molecule has 1 amide bonds. The minimum Gasteiger partial charge on any atom is -0.494 e. The van der Waals surface area contributed by atoms with Crippen molar-refractivity contribution in [1.82, 2.24) is 15.0 Å². The van der Waals surface area contributed by atoms with E-state index in [1.54, 1.807) is 30.6 Å². The molecular weight excluding hydrogens is 368 g/mol. The van der Waals surface area contributed by atoms with E-state index in [4.69, 9.17) is 4.74 Å². The molecule has 2 heterocycles. The van der Waals surface area contributed by atoms with Crippen molar-refractivity contribution in [2.45, 2.75) is 13.3 Å². The Morgan fingerprint density at radius 1 is 1.26 bits per heavy atom. The Morgan fingerprint density at radius 3 is 2.56 bits per heavy atom. The number of ether oxygens (including phenoxy) is 1. The smallest absolute Gasteiger partial charge is 0.307 e. The number of nitrogens with one attached hydrogen (secondary N) is 1. The molecule has 0 aliphatic carbocycles. The van der Waals surface area contributed by atoms with Crippen molar-refractivity contribution in [2.75, 3.05) is 18.1 Å². The van der Waals surface area contributed by atoms with Crippen molar-refractivity contribution in [3.8, 4) is 11.6 Å². The summed E-state index contributed by atoms with van der Waals surface area (Å²) in [6.45, 7) is 2.07. The molecule has 0 aliphatic rings. The third kappa shape index (κ3) is 4.91. The molecule has 2 N–H and O–H groups in total. The molecule has 0 unspecified atom stereocenters. The van der Waals surface area contributed by atoms with Crippen molar-refractivity contribution in [1.29, 1.82) is 0 Å². The van der Waals surface area contributed by atoms with Crippen molar-refractivity contribution < 1.29 is 14.6 Å². The van der Waals surface area contributed by atoms with Crippen LogP contribution in [0.2, 0.25) is 0 Å². The number of thiazole rings is 1.